The number of nitrogens with zero attached hydrogens (tertiary/aromatic N) is 1. The average Bonchev–Trinajstić information content (AvgIpc) is 2.77. The molecular weight excluding hydrogens is 440 g/mol. The number of anilines is 2. The van der Waals surface area contributed by atoms with Gasteiger partial charge in [-0.25, -0.2) is 8.42 Å². The highest BCUT2D eigenvalue weighted by Gasteiger charge is 2.28. The fourth-order valence-corrected chi connectivity index (χ4v) is 4.85. The number of para-hydroxylation sites is 1. The molecule has 0 fully saturated rings. The minimum absolute atomic E-state index is 0.106. The summed E-state index contributed by atoms with van der Waals surface area (Å²) in [5, 5.41) is 13.3. The van der Waals surface area contributed by atoms with Crippen molar-refractivity contribution in [3.05, 3.63) is 83.9 Å². The molecule has 0 aliphatic rings. The van der Waals surface area contributed by atoms with Crippen LogP contribution in [-0.4, -0.2) is 38.7 Å². The standard InChI is InChI=1S/C25H28N2O5S/c1-18-8-14-24(15-9-18)33(30,31)27(25-7-5-4-6-19(25)2)16-22(29)17-32-23-12-10-21(11-13-23)26-20(3)28/h4-15,22,29H,16-17H2,1-3H3,(H,26,28). The Morgan fingerprint density at radius 1 is 1.00 bits per heavy atom. The lowest BCUT2D eigenvalue weighted by atomic mass is 10.2. The number of sulfonamides is 1. The zero-order chi connectivity index (χ0) is 24.0. The number of carbonyl (C=O) groups excluding carboxylic acids is 1. The van der Waals surface area contributed by atoms with Gasteiger partial charge in [-0.05, 0) is 61.9 Å². The Morgan fingerprint density at radius 2 is 1.64 bits per heavy atom. The van der Waals surface area contributed by atoms with Gasteiger partial charge in [-0.3, -0.25) is 9.10 Å². The van der Waals surface area contributed by atoms with Crippen molar-refractivity contribution in [1.29, 1.82) is 0 Å². The lowest BCUT2D eigenvalue weighted by Crippen LogP contribution is -2.40. The summed E-state index contributed by atoms with van der Waals surface area (Å²) in [5.74, 6) is 0.317. The zero-order valence-electron chi connectivity index (χ0n) is 18.9. The molecule has 8 heteroatoms. The van der Waals surface area contributed by atoms with Crippen molar-refractivity contribution in [2.75, 3.05) is 22.8 Å². The van der Waals surface area contributed by atoms with Crippen molar-refractivity contribution in [1.82, 2.24) is 0 Å². The van der Waals surface area contributed by atoms with Crippen molar-refractivity contribution in [2.24, 2.45) is 0 Å². The predicted molar refractivity (Wildman–Crippen MR) is 129 cm³/mol. The molecule has 3 aromatic rings. The van der Waals surface area contributed by atoms with Crippen molar-refractivity contribution in [3.63, 3.8) is 0 Å². The first-order chi connectivity index (χ1) is 15.7. The molecule has 0 aliphatic carbocycles. The Morgan fingerprint density at radius 3 is 2.24 bits per heavy atom. The molecule has 0 saturated heterocycles. The van der Waals surface area contributed by atoms with Crippen LogP contribution in [0.1, 0.15) is 18.1 Å². The van der Waals surface area contributed by atoms with E-state index < -0.39 is 16.1 Å². The van der Waals surface area contributed by atoms with Gasteiger partial charge in [0.15, 0.2) is 0 Å². The number of rotatable bonds is 9. The van der Waals surface area contributed by atoms with E-state index in [-0.39, 0.29) is 24.0 Å². The van der Waals surface area contributed by atoms with Gasteiger partial charge in [-0.15, -0.1) is 0 Å². The molecule has 0 saturated carbocycles. The molecule has 2 N–H and O–H groups in total. The maximum atomic E-state index is 13.5. The first-order valence-electron chi connectivity index (χ1n) is 10.5. The van der Waals surface area contributed by atoms with Crippen LogP contribution in [0.2, 0.25) is 0 Å². The third-order valence-corrected chi connectivity index (χ3v) is 6.78. The van der Waals surface area contributed by atoms with Crippen LogP contribution in [0.25, 0.3) is 0 Å². The van der Waals surface area contributed by atoms with Crippen LogP contribution >= 0.6 is 0 Å². The number of hydrogen-bond donors (Lipinski definition) is 2. The fourth-order valence-electron chi connectivity index (χ4n) is 3.28. The van der Waals surface area contributed by atoms with E-state index in [9.17, 15) is 18.3 Å². The van der Waals surface area contributed by atoms with E-state index in [0.29, 0.717) is 17.1 Å². The van der Waals surface area contributed by atoms with E-state index in [1.807, 2.05) is 26.0 Å². The van der Waals surface area contributed by atoms with E-state index in [2.05, 4.69) is 5.32 Å². The van der Waals surface area contributed by atoms with E-state index in [1.165, 1.54) is 11.2 Å². The molecule has 0 aliphatic heterocycles. The molecule has 0 spiro atoms. The van der Waals surface area contributed by atoms with Gasteiger partial charge in [0.25, 0.3) is 10.0 Å². The number of nitrogens with one attached hydrogen (secondary N) is 1. The topological polar surface area (TPSA) is 95.9 Å². The van der Waals surface area contributed by atoms with E-state index in [4.69, 9.17) is 4.74 Å². The maximum absolute atomic E-state index is 13.5. The molecule has 3 rings (SSSR count). The Hall–Kier alpha value is -3.36. The number of aliphatic hydroxyl groups excluding tert-OH is 1. The summed E-state index contributed by atoms with van der Waals surface area (Å²) in [6, 6.07) is 20.5. The summed E-state index contributed by atoms with van der Waals surface area (Å²) in [5.41, 5.74) is 2.85. The van der Waals surface area contributed by atoms with Gasteiger partial charge in [0, 0.05) is 12.6 Å². The Balaban J connectivity index is 1.78. The number of ether oxygens (including phenoxy) is 1. The highest BCUT2D eigenvalue weighted by atomic mass is 32.2. The first kappa shape index (κ1) is 24.3. The summed E-state index contributed by atoms with van der Waals surface area (Å²) >= 11 is 0. The fraction of sp³-hybridized carbons (Fsp3) is 0.240. The van der Waals surface area contributed by atoms with Crippen LogP contribution in [0.3, 0.4) is 0 Å². The molecule has 1 unspecified atom stereocenters. The average molecular weight is 469 g/mol. The van der Waals surface area contributed by atoms with Crippen LogP contribution in [0.4, 0.5) is 11.4 Å². The normalized spacial score (nSPS) is 12.1. The van der Waals surface area contributed by atoms with Crippen LogP contribution < -0.4 is 14.4 Å². The number of amides is 1. The first-order valence-corrected chi connectivity index (χ1v) is 11.9. The molecule has 0 radical (unpaired) electrons. The molecule has 0 heterocycles. The lowest BCUT2D eigenvalue weighted by molar-refractivity contribution is -0.114. The minimum Gasteiger partial charge on any atom is -0.491 e. The second kappa shape index (κ2) is 10.5. The third kappa shape index (κ3) is 6.34. The molecule has 0 bridgehead atoms. The maximum Gasteiger partial charge on any atom is 0.264 e. The summed E-state index contributed by atoms with van der Waals surface area (Å²) in [4.78, 5) is 11.3. The largest absolute Gasteiger partial charge is 0.491 e. The molecule has 0 aromatic heterocycles. The molecule has 3 aromatic carbocycles. The number of aliphatic hydroxyl groups is 1. The number of hydrogen-bond acceptors (Lipinski definition) is 5. The van der Waals surface area contributed by atoms with Gasteiger partial charge in [0.05, 0.1) is 17.1 Å². The predicted octanol–water partition coefficient (Wildman–Crippen LogP) is 3.90. The van der Waals surface area contributed by atoms with E-state index in [0.717, 1.165) is 11.1 Å². The van der Waals surface area contributed by atoms with E-state index >= 15 is 0 Å². The van der Waals surface area contributed by atoms with Crippen LogP contribution in [0, 0.1) is 13.8 Å². The van der Waals surface area contributed by atoms with Gasteiger partial charge in [0.2, 0.25) is 5.91 Å². The zero-order valence-corrected chi connectivity index (χ0v) is 19.7. The second-order valence-electron chi connectivity index (χ2n) is 7.81. The minimum atomic E-state index is -3.91. The van der Waals surface area contributed by atoms with Crippen LogP contribution in [0.15, 0.2) is 77.7 Å². The lowest BCUT2D eigenvalue weighted by Gasteiger charge is -2.28. The molecule has 33 heavy (non-hydrogen) atoms. The highest BCUT2D eigenvalue weighted by molar-refractivity contribution is 7.92. The Bertz CT molecular complexity index is 1190. The monoisotopic (exact) mass is 468 g/mol. The summed E-state index contributed by atoms with van der Waals surface area (Å²) < 4.78 is 33.8. The van der Waals surface area contributed by atoms with E-state index in [1.54, 1.807) is 60.7 Å². The van der Waals surface area contributed by atoms with Crippen LogP contribution in [0.5, 0.6) is 5.75 Å². The second-order valence-corrected chi connectivity index (χ2v) is 9.67. The third-order valence-electron chi connectivity index (χ3n) is 4.99. The molecule has 1 amide bonds. The highest BCUT2D eigenvalue weighted by Crippen LogP contribution is 2.27. The number of carbonyl (C=O) groups is 1. The smallest absolute Gasteiger partial charge is 0.264 e. The quantitative estimate of drug-likeness (QED) is 0.497. The van der Waals surface area contributed by atoms with Gasteiger partial charge in [-0.1, -0.05) is 35.9 Å². The SMILES string of the molecule is CC(=O)Nc1ccc(OCC(O)CN(c2ccccc2C)S(=O)(=O)c2ccc(C)cc2)cc1. The molecule has 1 atom stereocenters. The number of aryl methyl sites for hydroxylation is 2. The van der Waals surface area contributed by atoms with Gasteiger partial charge in [-0.2, -0.15) is 0 Å². The summed E-state index contributed by atoms with van der Waals surface area (Å²) in [6.07, 6.45) is -1.08. The van der Waals surface area contributed by atoms with Gasteiger partial charge < -0.3 is 15.2 Å². The molecular formula is C25H28N2O5S. The van der Waals surface area contributed by atoms with Gasteiger partial charge in [0.1, 0.15) is 18.5 Å². The Kier molecular flexibility index (Phi) is 7.73. The summed E-state index contributed by atoms with van der Waals surface area (Å²) in [7, 11) is -3.91. The summed E-state index contributed by atoms with van der Waals surface area (Å²) in [6.45, 7) is 4.85. The van der Waals surface area contributed by atoms with Crippen molar-refractivity contribution in [3.8, 4) is 5.75 Å². The molecule has 7 nitrogen and oxygen atoms in total. The van der Waals surface area contributed by atoms with Crippen molar-refractivity contribution < 1.29 is 23.1 Å². The van der Waals surface area contributed by atoms with Crippen LogP contribution in [-0.2, 0) is 14.8 Å². The van der Waals surface area contributed by atoms with Gasteiger partial charge >= 0.3 is 0 Å². The number of benzene rings is 3. The van der Waals surface area contributed by atoms with Crippen molar-refractivity contribution in [2.45, 2.75) is 31.8 Å². The molecule has 174 valence electrons. The Labute approximate surface area is 194 Å². The van der Waals surface area contributed by atoms with Crippen molar-refractivity contribution >= 4 is 27.3 Å².